The topological polar surface area (TPSA) is 64.0 Å². The molecule has 3 aromatic rings. The summed E-state index contributed by atoms with van der Waals surface area (Å²) in [5, 5.41) is 3.43. The maximum Gasteiger partial charge on any atom is 0.269 e. The van der Waals surface area contributed by atoms with Crippen LogP contribution in [0.5, 0.6) is 0 Å². The predicted molar refractivity (Wildman–Crippen MR) is 96.1 cm³/mol. The Morgan fingerprint density at radius 1 is 1.08 bits per heavy atom. The van der Waals surface area contributed by atoms with Gasteiger partial charge in [0.15, 0.2) is 0 Å². The first-order valence-electron chi connectivity index (χ1n) is 6.84. The number of para-hydroxylation sites is 2. The Morgan fingerprint density at radius 3 is 2.58 bits per heavy atom. The van der Waals surface area contributed by atoms with Crippen molar-refractivity contribution < 1.29 is 4.79 Å². The molecule has 0 aliphatic carbocycles. The Balaban J connectivity index is 1.90. The van der Waals surface area contributed by atoms with Crippen molar-refractivity contribution in [2.24, 2.45) is 0 Å². The van der Waals surface area contributed by atoms with Gasteiger partial charge in [0.25, 0.3) is 5.56 Å². The number of hydrogen-bond acceptors (Lipinski definition) is 3. The standard InChI is InChI=1S/C16H10Cl3N3O2/c17-9-5-11(19)13(6-10(9)18)21-15(23)8-22-14-4-2-1-3-12(14)20-7-16(22)24/h1-7H,8H2,(H,21,23). The van der Waals surface area contributed by atoms with E-state index in [0.29, 0.717) is 16.7 Å². The number of nitrogens with one attached hydrogen (secondary N) is 1. The average molecular weight is 383 g/mol. The molecule has 24 heavy (non-hydrogen) atoms. The molecule has 0 unspecified atom stereocenters. The van der Waals surface area contributed by atoms with Crippen molar-refractivity contribution in [3.63, 3.8) is 0 Å². The van der Waals surface area contributed by atoms with Crippen LogP contribution >= 0.6 is 34.8 Å². The summed E-state index contributed by atoms with van der Waals surface area (Å²) in [6.45, 7) is -0.182. The zero-order valence-electron chi connectivity index (χ0n) is 12.1. The summed E-state index contributed by atoms with van der Waals surface area (Å²) in [5.74, 6) is -0.422. The Hall–Kier alpha value is -2.08. The van der Waals surface area contributed by atoms with E-state index in [9.17, 15) is 9.59 Å². The molecule has 0 atom stereocenters. The van der Waals surface area contributed by atoms with Crippen molar-refractivity contribution in [2.45, 2.75) is 6.54 Å². The molecule has 0 fully saturated rings. The van der Waals surface area contributed by atoms with Crippen LogP contribution in [0.2, 0.25) is 15.1 Å². The van der Waals surface area contributed by atoms with Gasteiger partial charge in [-0.1, -0.05) is 46.9 Å². The van der Waals surface area contributed by atoms with Crippen LogP contribution in [0, 0.1) is 0 Å². The van der Waals surface area contributed by atoms with E-state index in [0.717, 1.165) is 0 Å². The number of carbonyl (C=O) groups is 1. The van der Waals surface area contributed by atoms with Crippen molar-refractivity contribution in [2.75, 3.05) is 5.32 Å². The molecule has 0 saturated carbocycles. The molecule has 1 N–H and O–H groups in total. The van der Waals surface area contributed by atoms with Crippen LogP contribution in [-0.4, -0.2) is 15.5 Å². The lowest BCUT2D eigenvalue weighted by Crippen LogP contribution is -2.28. The largest absolute Gasteiger partial charge is 0.323 e. The molecule has 1 amide bonds. The number of anilines is 1. The molecule has 0 saturated heterocycles. The number of benzene rings is 2. The minimum absolute atomic E-state index is 0.182. The summed E-state index contributed by atoms with van der Waals surface area (Å²) in [6.07, 6.45) is 1.18. The smallest absolute Gasteiger partial charge is 0.269 e. The molecule has 0 radical (unpaired) electrons. The third kappa shape index (κ3) is 3.38. The van der Waals surface area contributed by atoms with Crippen LogP contribution in [0.25, 0.3) is 11.0 Å². The van der Waals surface area contributed by atoms with E-state index in [1.165, 1.54) is 22.9 Å². The highest BCUT2D eigenvalue weighted by Crippen LogP contribution is 2.32. The van der Waals surface area contributed by atoms with Gasteiger partial charge in [0, 0.05) is 0 Å². The fraction of sp³-hybridized carbons (Fsp3) is 0.0625. The lowest BCUT2D eigenvalue weighted by atomic mass is 10.3. The second-order valence-electron chi connectivity index (χ2n) is 4.97. The molecule has 1 aromatic heterocycles. The monoisotopic (exact) mass is 381 g/mol. The summed E-state index contributed by atoms with van der Waals surface area (Å²) < 4.78 is 1.34. The van der Waals surface area contributed by atoms with Gasteiger partial charge in [0.05, 0.1) is 38.0 Å². The third-order valence-electron chi connectivity index (χ3n) is 3.34. The van der Waals surface area contributed by atoms with Crippen molar-refractivity contribution >= 4 is 57.4 Å². The van der Waals surface area contributed by atoms with E-state index in [1.807, 2.05) is 0 Å². The molecule has 0 bridgehead atoms. The quantitative estimate of drug-likeness (QED) is 0.697. The summed E-state index contributed by atoms with van der Waals surface area (Å²) in [5.41, 5.74) is 1.14. The number of nitrogens with zero attached hydrogens (tertiary/aromatic N) is 2. The van der Waals surface area contributed by atoms with Crippen LogP contribution in [-0.2, 0) is 11.3 Å². The zero-order valence-corrected chi connectivity index (χ0v) is 14.4. The zero-order chi connectivity index (χ0) is 17.3. The number of amides is 1. The van der Waals surface area contributed by atoms with Crippen LogP contribution in [0.1, 0.15) is 0 Å². The van der Waals surface area contributed by atoms with Gasteiger partial charge < -0.3 is 5.32 Å². The number of rotatable bonds is 3. The molecule has 5 nitrogen and oxygen atoms in total. The average Bonchev–Trinajstić information content (AvgIpc) is 2.55. The second-order valence-corrected chi connectivity index (χ2v) is 6.19. The SMILES string of the molecule is O=C(Cn1c(=O)cnc2ccccc21)Nc1cc(Cl)c(Cl)cc1Cl. The Labute approximate surface area is 151 Å². The van der Waals surface area contributed by atoms with Gasteiger partial charge in [-0.05, 0) is 24.3 Å². The van der Waals surface area contributed by atoms with E-state index >= 15 is 0 Å². The molecule has 3 rings (SSSR count). The van der Waals surface area contributed by atoms with Gasteiger partial charge in [-0.25, -0.2) is 4.98 Å². The van der Waals surface area contributed by atoms with Crippen molar-refractivity contribution in [3.8, 4) is 0 Å². The molecule has 122 valence electrons. The van der Waals surface area contributed by atoms with Gasteiger partial charge in [0.2, 0.25) is 5.91 Å². The fourth-order valence-corrected chi connectivity index (χ4v) is 2.82. The first-order chi connectivity index (χ1) is 11.5. The highest BCUT2D eigenvalue weighted by atomic mass is 35.5. The Morgan fingerprint density at radius 2 is 1.79 bits per heavy atom. The number of fused-ring (bicyclic) bond motifs is 1. The number of halogens is 3. The van der Waals surface area contributed by atoms with E-state index in [-0.39, 0.29) is 27.2 Å². The number of hydrogen-bond donors (Lipinski definition) is 1. The maximum atomic E-state index is 12.3. The summed E-state index contributed by atoms with van der Waals surface area (Å²) in [6, 6.07) is 9.96. The highest BCUT2D eigenvalue weighted by Gasteiger charge is 2.12. The van der Waals surface area contributed by atoms with Crippen molar-refractivity contribution in [1.82, 2.24) is 9.55 Å². The summed E-state index contributed by atoms with van der Waals surface area (Å²) in [7, 11) is 0. The summed E-state index contributed by atoms with van der Waals surface area (Å²) >= 11 is 17.8. The van der Waals surface area contributed by atoms with Crippen LogP contribution in [0.4, 0.5) is 5.69 Å². The molecule has 0 aliphatic rings. The highest BCUT2D eigenvalue weighted by molar-refractivity contribution is 6.44. The molecule has 8 heteroatoms. The number of carbonyl (C=O) groups excluding carboxylic acids is 1. The summed E-state index contributed by atoms with van der Waals surface area (Å²) in [4.78, 5) is 28.4. The van der Waals surface area contributed by atoms with Gasteiger partial charge in [0.1, 0.15) is 6.54 Å². The second kappa shape index (κ2) is 6.81. The van der Waals surface area contributed by atoms with E-state index in [4.69, 9.17) is 34.8 Å². The first-order valence-corrected chi connectivity index (χ1v) is 7.98. The third-order valence-corrected chi connectivity index (χ3v) is 4.37. The molecular formula is C16H10Cl3N3O2. The minimum atomic E-state index is -0.422. The van der Waals surface area contributed by atoms with Crippen molar-refractivity contribution in [3.05, 3.63) is 68.0 Å². The maximum absolute atomic E-state index is 12.3. The molecule has 2 aromatic carbocycles. The molecular weight excluding hydrogens is 373 g/mol. The molecule has 1 heterocycles. The molecule has 0 spiro atoms. The van der Waals surface area contributed by atoms with Gasteiger partial charge in [-0.2, -0.15) is 0 Å². The van der Waals surface area contributed by atoms with E-state index in [2.05, 4.69) is 10.3 Å². The normalized spacial score (nSPS) is 10.8. The minimum Gasteiger partial charge on any atom is -0.323 e. The molecule has 0 aliphatic heterocycles. The van der Waals surface area contributed by atoms with Gasteiger partial charge in [-0.3, -0.25) is 14.2 Å². The number of aromatic nitrogens is 2. The van der Waals surface area contributed by atoms with Crippen LogP contribution < -0.4 is 10.9 Å². The van der Waals surface area contributed by atoms with Crippen LogP contribution in [0.15, 0.2) is 47.4 Å². The van der Waals surface area contributed by atoms with Gasteiger partial charge >= 0.3 is 0 Å². The Kier molecular flexibility index (Phi) is 4.76. The van der Waals surface area contributed by atoms with Gasteiger partial charge in [-0.15, -0.1) is 0 Å². The van der Waals surface area contributed by atoms with Crippen LogP contribution in [0.3, 0.4) is 0 Å². The Bertz CT molecular complexity index is 1000. The van der Waals surface area contributed by atoms with Crippen molar-refractivity contribution in [1.29, 1.82) is 0 Å². The van der Waals surface area contributed by atoms with E-state index < -0.39 is 5.91 Å². The fourth-order valence-electron chi connectivity index (χ4n) is 2.23. The lowest BCUT2D eigenvalue weighted by molar-refractivity contribution is -0.116. The van der Waals surface area contributed by atoms with E-state index in [1.54, 1.807) is 24.3 Å². The lowest BCUT2D eigenvalue weighted by Gasteiger charge is -2.11. The first kappa shape index (κ1) is 16.8. The predicted octanol–water partition coefficient (Wildman–Crippen LogP) is 4.00.